The maximum Gasteiger partial charge on any atom is 0.227 e. The highest BCUT2D eigenvalue weighted by Crippen LogP contribution is 2.27. The monoisotopic (exact) mass is 350 g/mol. The lowest BCUT2D eigenvalue weighted by molar-refractivity contribution is -0.123. The summed E-state index contributed by atoms with van der Waals surface area (Å²) in [5, 5.41) is 6.05. The summed E-state index contributed by atoms with van der Waals surface area (Å²) in [7, 11) is 0. The van der Waals surface area contributed by atoms with Gasteiger partial charge in [0.15, 0.2) is 0 Å². The first-order valence-corrected chi connectivity index (χ1v) is 9.31. The first-order valence-electron chi connectivity index (χ1n) is 9.31. The summed E-state index contributed by atoms with van der Waals surface area (Å²) in [6, 6.07) is 16.1. The number of hydrogen-bond donors (Lipinski definition) is 2. The molecule has 3 rings (SSSR count). The molecule has 0 saturated carbocycles. The van der Waals surface area contributed by atoms with Crippen LogP contribution in [0.3, 0.4) is 0 Å². The molecule has 0 radical (unpaired) electrons. The number of nitrogens with one attached hydrogen (secondary N) is 2. The van der Waals surface area contributed by atoms with Crippen molar-refractivity contribution in [1.82, 2.24) is 5.32 Å². The molecule has 0 saturated heterocycles. The number of carbonyl (C=O) groups is 2. The zero-order valence-corrected chi connectivity index (χ0v) is 15.4. The maximum atomic E-state index is 12.4. The molecule has 0 spiro atoms. The maximum absolute atomic E-state index is 12.4. The van der Waals surface area contributed by atoms with Gasteiger partial charge < -0.3 is 10.6 Å². The molecule has 2 N–H and O–H groups in total. The van der Waals surface area contributed by atoms with E-state index in [0.29, 0.717) is 19.3 Å². The number of aryl methyl sites for hydroxylation is 1. The number of carbonyl (C=O) groups excluding carboxylic acids is 2. The quantitative estimate of drug-likeness (QED) is 0.822. The van der Waals surface area contributed by atoms with Gasteiger partial charge in [-0.2, -0.15) is 0 Å². The van der Waals surface area contributed by atoms with E-state index in [4.69, 9.17) is 0 Å². The molecule has 2 amide bonds. The fourth-order valence-corrected chi connectivity index (χ4v) is 3.44. The lowest BCUT2D eigenvalue weighted by Gasteiger charge is -2.24. The third-order valence-corrected chi connectivity index (χ3v) is 5.06. The normalized spacial score (nSPS) is 17.2. The second-order valence-electron chi connectivity index (χ2n) is 7.03. The Kier molecular flexibility index (Phi) is 5.71. The van der Waals surface area contributed by atoms with Gasteiger partial charge in [0.25, 0.3) is 0 Å². The minimum Gasteiger partial charge on any atom is -0.349 e. The van der Waals surface area contributed by atoms with Crippen LogP contribution >= 0.6 is 0 Å². The molecule has 1 heterocycles. The third kappa shape index (κ3) is 4.31. The second kappa shape index (κ2) is 8.17. The van der Waals surface area contributed by atoms with Gasteiger partial charge in [0.05, 0.1) is 6.04 Å². The van der Waals surface area contributed by atoms with Crippen molar-refractivity contribution < 1.29 is 9.59 Å². The zero-order chi connectivity index (χ0) is 18.5. The number of fused-ring (bicyclic) bond motifs is 1. The molecule has 1 aliphatic rings. The number of anilines is 1. The molecule has 4 nitrogen and oxygen atoms in total. The SMILES string of the molecule is CCC(NC(=O)CCC1Cc2ccccc2NC1=O)c1ccc(C)cc1. The van der Waals surface area contributed by atoms with E-state index in [2.05, 4.69) is 48.7 Å². The van der Waals surface area contributed by atoms with Crippen LogP contribution in [-0.4, -0.2) is 11.8 Å². The van der Waals surface area contributed by atoms with Crippen molar-refractivity contribution in [3.63, 3.8) is 0 Å². The molecule has 2 atom stereocenters. The topological polar surface area (TPSA) is 58.2 Å². The van der Waals surface area contributed by atoms with Gasteiger partial charge in [0, 0.05) is 18.0 Å². The Morgan fingerprint density at radius 2 is 1.92 bits per heavy atom. The minimum absolute atomic E-state index is 0.00378. The van der Waals surface area contributed by atoms with Gasteiger partial charge in [-0.3, -0.25) is 9.59 Å². The largest absolute Gasteiger partial charge is 0.349 e. The molecule has 136 valence electrons. The van der Waals surface area contributed by atoms with Gasteiger partial charge in [-0.05, 0) is 43.4 Å². The Bertz CT molecular complexity index is 783. The molecule has 2 aromatic carbocycles. The van der Waals surface area contributed by atoms with E-state index >= 15 is 0 Å². The minimum atomic E-state index is -0.143. The fraction of sp³-hybridized carbons (Fsp3) is 0.364. The van der Waals surface area contributed by atoms with Crippen LogP contribution in [-0.2, 0) is 16.0 Å². The fourth-order valence-electron chi connectivity index (χ4n) is 3.44. The Morgan fingerprint density at radius 1 is 1.19 bits per heavy atom. The van der Waals surface area contributed by atoms with Crippen LogP contribution in [0.4, 0.5) is 5.69 Å². The summed E-state index contributed by atoms with van der Waals surface area (Å²) in [4.78, 5) is 24.7. The van der Waals surface area contributed by atoms with Gasteiger partial charge in [-0.15, -0.1) is 0 Å². The van der Waals surface area contributed by atoms with Crippen molar-refractivity contribution in [3.05, 3.63) is 65.2 Å². The van der Waals surface area contributed by atoms with Crippen LogP contribution in [0.5, 0.6) is 0 Å². The lowest BCUT2D eigenvalue weighted by Crippen LogP contribution is -2.32. The summed E-state index contributed by atoms with van der Waals surface area (Å²) in [5.74, 6) is -0.124. The number of hydrogen-bond acceptors (Lipinski definition) is 2. The van der Waals surface area contributed by atoms with Gasteiger partial charge >= 0.3 is 0 Å². The second-order valence-corrected chi connectivity index (χ2v) is 7.03. The van der Waals surface area contributed by atoms with Crippen molar-refractivity contribution in [3.8, 4) is 0 Å². The number of rotatable bonds is 6. The van der Waals surface area contributed by atoms with E-state index < -0.39 is 0 Å². The Hall–Kier alpha value is -2.62. The Morgan fingerprint density at radius 3 is 2.65 bits per heavy atom. The average molecular weight is 350 g/mol. The van der Waals surface area contributed by atoms with Crippen LogP contribution in [0.2, 0.25) is 0 Å². The van der Waals surface area contributed by atoms with Gasteiger partial charge in [-0.25, -0.2) is 0 Å². The van der Waals surface area contributed by atoms with E-state index in [-0.39, 0.29) is 23.8 Å². The molecule has 26 heavy (non-hydrogen) atoms. The highest BCUT2D eigenvalue weighted by atomic mass is 16.2. The third-order valence-electron chi connectivity index (χ3n) is 5.06. The highest BCUT2D eigenvalue weighted by molar-refractivity contribution is 5.96. The van der Waals surface area contributed by atoms with Crippen LogP contribution < -0.4 is 10.6 Å². The molecule has 1 aliphatic heterocycles. The molecule has 0 aliphatic carbocycles. The summed E-state index contributed by atoms with van der Waals surface area (Å²) >= 11 is 0. The Balaban J connectivity index is 1.55. The van der Waals surface area contributed by atoms with E-state index in [1.54, 1.807) is 0 Å². The predicted octanol–water partition coefficient (Wildman–Crippen LogP) is 4.15. The smallest absolute Gasteiger partial charge is 0.227 e. The molecule has 0 fully saturated rings. The molecular formula is C22H26N2O2. The van der Waals surface area contributed by atoms with E-state index in [9.17, 15) is 9.59 Å². The van der Waals surface area contributed by atoms with E-state index in [1.807, 2.05) is 24.3 Å². The molecule has 0 aromatic heterocycles. The van der Waals surface area contributed by atoms with E-state index in [1.165, 1.54) is 5.56 Å². The van der Waals surface area contributed by atoms with Gasteiger partial charge in [0.2, 0.25) is 11.8 Å². The average Bonchev–Trinajstić information content (AvgIpc) is 2.65. The lowest BCUT2D eigenvalue weighted by atomic mass is 9.89. The number of amides is 2. The van der Waals surface area contributed by atoms with Gasteiger partial charge in [-0.1, -0.05) is 55.0 Å². The summed E-state index contributed by atoms with van der Waals surface area (Å²) in [6.07, 6.45) is 2.47. The van der Waals surface area contributed by atoms with Crippen molar-refractivity contribution in [1.29, 1.82) is 0 Å². The van der Waals surface area contributed by atoms with Gasteiger partial charge in [0.1, 0.15) is 0 Å². The van der Waals surface area contributed by atoms with Crippen molar-refractivity contribution in [2.75, 3.05) is 5.32 Å². The van der Waals surface area contributed by atoms with Crippen LogP contribution in [0.25, 0.3) is 0 Å². The van der Waals surface area contributed by atoms with Crippen LogP contribution in [0, 0.1) is 12.8 Å². The van der Waals surface area contributed by atoms with Crippen LogP contribution in [0.15, 0.2) is 48.5 Å². The van der Waals surface area contributed by atoms with Crippen molar-refractivity contribution >= 4 is 17.5 Å². The predicted molar refractivity (Wildman–Crippen MR) is 104 cm³/mol. The van der Waals surface area contributed by atoms with Crippen molar-refractivity contribution in [2.45, 2.75) is 45.6 Å². The molecule has 0 bridgehead atoms. The standard InChI is InChI=1S/C22H26N2O2/c1-3-19(16-10-8-15(2)9-11-16)23-21(25)13-12-18-14-17-6-4-5-7-20(17)24-22(18)26/h4-11,18-19H,3,12-14H2,1-2H3,(H,23,25)(H,24,26). The zero-order valence-electron chi connectivity index (χ0n) is 15.4. The Labute approximate surface area is 155 Å². The summed E-state index contributed by atoms with van der Waals surface area (Å²) in [6.45, 7) is 4.12. The first kappa shape index (κ1) is 18.2. The summed E-state index contributed by atoms with van der Waals surface area (Å²) < 4.78 is 0. The summed E-state index contributed by atoms with van der Waals surface area (Å²) in [5.41, 5.74) is 4.36. The molecule has 2 unspecified atom stereocenters. The molecule has 4 heteroatoms. The molecule has 2 aromatic rings. The van der Waals surface area contributed by atoms with Crippen LogP contribution in [0.1, 0.15) is 48.9 Å². The number of benzene rings is 2. The van der Waals surface area contributed by atoms with Crippen molar-refractivity contribution in [2.24, 2.45) is 5.92 Å². The number of para-hydroxylation sites is 1. The van der Waals surface area contributed by atoms with E-state index in [0.717, 1.165) is 23.2 Å². The first-order chi connectivity index (χ1) is 12.6. The molecular weight excluding hydrogens is 324 g/mol. The highest BCUT2D eigenvalue weighted by Gasteiger charge is 2.26.